The Bertz CT molecular complexity index is 328. The van der Waals surface area contributed by atoms with E-state index in [0.29, 0.717) is 23.0 Å². The first kappa shape index (κ1) is 15.0. The molecule has 0 aromatic rings. The van der Waals surface area contributed by atoms with Crippen LogP contribution in [0.15, 0.2) is 0 Å². The molecule has 2 saturated heterocycles. The predicted molar refractivity (Wildman–Crippen MR) is 88.5 cm³/mol. The Hall–Kier alpha value is 0.610. The molecule has 2 nitrogen and oxygen atoms in total. The fraction of sp³-hybridized carbons (Fsp3) is 0.833. The van der Waals surface area contributed by atoms with Crippen LogP contribution < -0.4 is 0 Å². The van der Waals surface area contributed by atoms with Crippen molar-refractivity contribution in [2.24, 2.45) is 5.92 Å². The van der Waals surface area contributed by atoms with Crippen LogP contribution in [-0.2, 0) is 4.79 Å². The Morgan fingerprint density at radius 2 is 2.11 bits per heavy atom. The fourth-order valence-electron chi connectivity index (χ4n) is 2.15. The Balaban J connectivity index is 1.87. The van der Waals surface area contributed by atoms with Gasteiger partial charge in [-0.3, -0.25) is 9.69 Å². The van der Waals surface area contributed by atoms with Gasteiger partial charge >= 0.3 is 0 Å². The summed E-state index contributed by atoms with van der Waals surface area (Å²) >= 11 is 11.0. The average Bonchev–Trinajstić information content (AvgIpc) is 2.94. The molecule has 0 N–H and O–H groups in total. The molecule has 2 rings (SSSR count). The molecule has 1 atom stereocenters. The summed E-state index contributed by atoms with van der Waals surface area (Å²) in [4.78, 5) is 14.2. The highest BCUT2D eigenvalue weighted by molar-refractivity contribution is 8.23. The lowest BCUT2D eigenvalue weighted by Crippen LogP contribution is -2.41. The molecule has 2 aliphatic rings. The molecule has 0 saturated carbocycles. The van der Waals surface area contributed by atoms with Gasteiger partial charge in [0.05, 0.1) is 4.58 Å². The third kappa shape index (κ3) is 3.58. The van der Waals surface area contributed by atoms with Crippen molar-refractivity contribution in [3.05, 3.63) is 0 Å². The first-order valence-electron chi connectivity index (χ1n) is 6.31. The molecule has 18 heavy (non-hydrogen) atoms. The summed E-state index contributed by atoms with van der Waals surface area (Å²) in [5.41, 5.74) is 0. The van der Waals surface area contributed by atoms with E-state index in [2.05, 4.69) is 13.8 Å². The van der Waals surface area contributed by atoms with Gasteiger partial charge in [0.2, 0.25) is 5.91 Å². The Morgan fingerprint density at radius 1 is 1.44 bits per heavy atom. The number of thioether (sulfide) groups is 3. The topological polar surface area (TPSA) is 20.3 Å². The normalized spacial score (nSPS) is 25.4. The second kappa shape index (κ2) is 6.86. The summed E-state index contributed by atoms with van der Waals surface area (Å²) in [6.45, 7) is 4.34. The van der Waals surface area contributed by atoms with Crippen molar-refractivity contribution in [3.63, 3.8) is 0 Å². The summed E-state index contributed by atoms with van der Waals surface area (Å²) < 4.78 is 1.40. The molecule has 1 amide bonds. The molecular weight excluding hydrogens is 302 g/mol. The molecular formula is C12H19NOS4. The maximum Gasteiger partial charge on any atom is 0.228 e. The summed E-state index contributed by atoms with van der Waals surface area (Å²) in [5, 5.41) is 0. The SMILES string of the molecule is CC(C)[C@@H]1CSC(=S)N1C(=O)CCC1SCCS1. The van der Waals surface area contributed by atoms with Crippen LogP contribution in [0.2, 0.25) is 0 Å². The van der Waals surface area contributed by atoms with Gasteiger partial charge in [-0.1, -0.05) is 37.8 Å². The van der Waals surface area contributed by atoms with E-state index in [1.165, 1.54) is 11.5 Å². The van der Waals surface area contributed by atoms with Crippen LogP contribution in [0.5, 0.6) is 0 Å². The fourth-order valence-corrected chi connectivity index (χ4v) is 6.64. The molecule has 2 fully saturated rings. The van der Waals surface area contributed by atoms with Gasteiger partial charge in [0, 0.05) is 29.7 Å². The molecule has 0 spiro atoms. The number of nitrogens with zero attached hydrogens (tertiary/aromatic N) is 1. The minimum atomic E-state index is 0.233. The van der Waals surface area contributed by atoms with Crippen LogP contribution >= 0.6 is 47.5 Å². The van der Waals surface area contributed by atoms with Gasteiger partial charge in [-0.15, -0.1) is 23.5 Å². The Morgan fingerprint density at radius 3 is 2.72 bits per heavy atom. The lowest BCUT2D eigenvalue weighted by molar-refractivity contribution is -0.128. The molecule has 0 unspecified atom stereocenters. The first-order valence-corrected chi connectivity index (χ1v) is 9.80. The molecule has 0 aromatic heterocycles. The zero-order valence-corrected chi connectivity index (χ0v) is 14.0. The number of hydrogen-bond donors (Lipinski definition) is 0. The second-order valence-electron chi connectivity index (χ2n) is 4.86. The van der Waals surface area contributed by atoms with Crippen molar-refractivity contribution in [1.82, 2.24) is 4.90 Å². The molecule has 2 aliphatic heterocycles. The van der Waals surface area contributed by atoms with Crippen LogP contribution in [0.25, 0.3) is 0 Å². The smallest absolute Gasteiger partial charge is 0.228 e. The van der Waals surface area contributed by atoms with E-state index in [1.807, 2.05) is 28.4 Å². The van der Waals surface area contributed by atoms with Crippen LogP contribution in [0.1, 0.15) is 26.7 Å². The van der Waals surface area contributed by atoms with E-state index >= 15 is 0 Å². The van der Waals surface area contributed by atoms with E-state index < -0.39 is 0 Å². The van der Waals surface area contributed by atoms with Gasteiger partial charge in [-0.2, -0.15) is 0 Å². The van der Waals surface area contributed by atoms with E-state index in [4.69, 9.17) is 12.2 Å². The van der Waals surface area contributed by atoms with E-state index in [-0.39, 0.29) is 5.91 Å². The maximum absolute atomic E-state index is 12.3. The molecule has 0 aromatic carbocycles. The standard InChI is InChI=1S/C12H19NOS4/c1-8(2)9-7-18-12(15)13(9)10(14)3-4-11-16-5-6-17-11/h8-9,11H,3-7H2,1-2H3/t9-/m0/s1. The van der Waals surface area contributed by atoms with Crippen molar-refractivity contribution in [3.8, 4) is 0 Å². The maximum atomic E-state index is 12.3. The van der Waals surface area contributed by atoms with E-state index in [0.717, 1.165) is 16.5 Å². The zero-order chi connectivity index (χ0) is 13.1. The van der Waals surface area contributed by atoms with Crippen LogP contribution in [-0.4, -0.2) is 43.0 Å². The third-order valence-electron chi connectivity index (χ3n) is 3.23. The summed E-state index contributed by atoms with van der Waals surface area (Å²) in [7, 11) is 0. The number of carbonyl (C=O) groups excluding carboxylic acids is 1. The van der Waals surface area contributed by atoms with Crippen molar-refractivity contribution in [1.29, 1.82) is 0 Å². The highest BCUT2D eigenvalue weighted by Gasteiger charge is 2.35. The van der Waals surface area contributed by atoms with Crippen molar-refractivity contribution >= 4 is 57.7 Å². The minimum Gasteiger partial charge on any atom is -0.294 e. The first-order chi connectivity index (χ1) is 8.59. The third-order valence-corrected chi connectivity index (χ3v) is 7.90. The molecule has 0 radical (unpaired) electrons. The number of rotatable bonds is 4. The van der Waals surface area contributed by atoms with E-state index in [9.17, 15) is 4.79 Å². The van der Waals surface area contributed by atoms with Gasteiger partial charge in [0.15, 0.2) is 0 Å². The van der Waals surface area contributed by atoms with Crippen LogP contribution in [0.3, 0.4) is 0 Å². The van der Waals surface area contributed by atoms with Crippen LogP contribution in [0.4, 0.5) is 0 Å². The lowest BCUT2D eigenvalue weighted by Gasteiger charge is -2.26. The van der Waals surface area contributed by atoms with Gasteiger partial charge in [0.1, 0.15) is 4.32 Å². The summed E-state index contributed by atoms with van der Waals surface area (Å²) in [6.07, 6.45) is 1.64. The van der Waals surface area contributed by atoms with Gasteiger partial charge < -0.3 is 0 Å². The lowest BCUT2D eigenvalue weighted by atomic mass is 10.0. The number of hydrogen-bond acceptors (Lipinski definition) is 5. The van der Waals surface area contributed by atoms with Gasteiger partial charge in [-0.05, 0) is 12.3 Å². The quantitative estimate of drug-likeness (QED) is 0.737. The summed E-state index contributed by atoms with van der Waals surface area (Å²) in [6, 6.07) is 0.305. The molecule has 0 bridgehead atoms. The zero-order valence-electron chi connectivity index (χ0n) is 10.8. The molecule has 0 aliphatic carbocycles. The Kier molecular flexibility index (Phi) is 5.72. The van der Waals surface area contributed by atoms with Crippen molar-refractivity contribution in [2.75, 3.05) is 17.3 Å². The Labute approximate surface area is 127 Å². The monoisotopic (exact) mass is 321 g/mol. The van der Waals surface area contributed by atoms with Gasteiger partial charge in [-0.25, -0.2) is 0 Å². The molecule has 6 heteroatoms. The molecule has 102 valence electrons. The van der Waals surface area contributed by atoms with Crippen molar-refractivity contribution < 1.29 is 4.79 Å². The molecule has 2 heterocycles. The van der Waals surface area contributed by atoms with Gasteiger partial charge in [0.25, 0.3) is 0 Å². The average molecular weight is 322 g/mol. The second-order valence-corrected chi connectivity index (χ2v) is 9.44. The largest absolute Gasteiger partial charge is 0.294 e. The van der Waals surface area contributed by atoms with E-state index in [1.54, 1.807) is 11.8 Å². The number of amides is 1. The van der Waals surface area contributed by atoms with Crippen LogP contribution in [0, 0.1) is 5.92 Å². The number of carbonyl (C=O) groups is 1. The van der Waals surface area contributed by atoms with Crippen molar-refractivity contribution in [2.45, 2.75) is 37.3 Å². The highest BCUT2D eigenvalue weighted by Crippen LogP contribution is 2.36. The summed E-state index contributed by atoms with van der Waals surface area (Å²) in [5.74, 6) is 4.15. The highest BCUT2D eigenvalue weighted by atomic mass is 32.2. The predicted octanol–water partition coefficient (Wildman–Crippen LogP) is 3.46. The minimum absolute atomic E-state index is 0.233. The number of thiocarbonyl (C=S) groups is 1.